The second-order valence-electron chi connectivity index (χ2n) is 5.82. The summed E-state index contributed by atoms with van der Waals surface area (Å²) < 4.78 is 2.03. The quantitative estimate of drug-likeness (QED) is 0.917. The smallest absolute Gasteiger partial charge is 0.168 e. The van der Waals surface area contributed by atoms with Gasteiger partial charge in [-0.2, -0.15) is 0 Å². The van der Waals surface area contributed by atoms with Crippen LogP contribution in [-0.2, 0) is 12.8 Å². The Hall–Kier alpha value is -1.75. The number of rotatable bonds is 5. The molecule has 21 heavy (non-hydrogen) atoms. The molecule has 0 saturated heterocycles. The van der Waals surface area contributed by atoms with E-state index >= 15 is 0 Å². The second-order valence-corrected chi connectivity index (χ2v) is 5.82. The first-order valence-electron chi connectivity index (χ1n) is 7.87. The Bertz CT molecular complexity index is 592. The van der Waals surface area contributed by atoms with Gasteiger partial charge in [-0.15, -0.1) is 5.10 Å². The van der Waals surface area contributed by atoms with Crippen molar-refractivity contribution in [3.05, 3.63) is 41.2 Å². The van der Waals surface area contributed by atoms with E-state index in [2.05, 4.69) is 59.0 Å². The van der Waals surface area contributed by atoms with E-state index in [-0.39, 0.29) is 6.04 Å². The van der Waals surface area contributed by atoms with Gasteiger partial charge < -0.3 is 5.32 Å². The monoisotopic (exact) mass is 285 g/mol. The molecular formula is C16H23N5. The van der Waals surface area contributed by atoms with E-state index in [1.807, 2.05) is 4.68 Å². The third-order valence-corrected chi connectivity index (χ3v) is 4.27. The number of benzene rings is 1. The van der Waals surface area contributed by atoms with E-state index in [1.165, 1.54) is 11.1 Å². The summed E-state index contributed by atoms with van der Waals surface area (Å²) in [5, 5.41) is 15.9. The fourth-order valence-electron chi connectivity index (χ4n) is 3.09. The Kier molecular flexibility index (Phi) is 4.29. The minimum absolute atomic E-state index is 0.192. The largest absolute Gasteiger partial charge is 0.307 e. The van der Waals surface area contributed by atoms with E-state index in [9.17, 15) is 0 Å². The molecule has 0 aliphatic heterocycles. The van der Waals surface area contributed by atoms with Crippen molar-refractivity contribution in [3.63, 3.8) is 0 Å². The first kappa shape index (κ1) is 14.2. The highest BCUT2D eigenvalue weighted by Crippen LogP contribution is 2.29. The normalized spacial score (nSPS) is 19.2. The lowest BCUT2D eigenvalue weighted by Gasteiger charge is -2.26. The summed E-state index contributed by atoms with van der Waals surface area (Å²) in [6.45, 7) is 5.29. The van der Waals surface area contributed by atoms with Gasteiger partial charge in [0.15, 0.2) is 5.82 Å². The van der Waals surface area contributed by atoms with Gasteiger partial charge in [-0.25, -0.2) is 4.68 Å². The summed E-state index contributed by atoms with van der Waals surface area (Å²) in [7, 11) is 0. The van der Waals surface area contributed by atoms with Gasteiger partial charge in [0, 0.05) is 0 Å². The third kappa shape index (κ3) is 2.97. The minimum Gasteiger partial charge on any atom is -0.307 e. The number of fused-ring (bicyclic) bond motifs is 1. The van der Waals surface area contributed by atoms with Crippen LogP contribution in [0.1, 0.15) is 55.7 Å². The Morgan fingerprint density at radius 1 is 1.33 bits per heavy atom. The predicted molar refractivity (Wildman–Crippen MR) is 82.0 cm³/mol. The molecule has 1 heterocycles. The highest BCUT2D eigenvalue weighted by Gasteiger charge is 2.25. The first-order chi connectivity index (χ1) is 10.3. The Morgan fingerprint density at radius 3 is 2.95 bits per heavy atom. The summed E-state index contributed by atoms with van der Waals surface area (Å²) in [6, 6.07) is 9.26. The van der Waals surface area contributed by atoms with E-state index in [0.29, 0.717) is 6.04 Å². The van der Waals surface area contributed by atoms with Crippen LogP contribution in [-0.4, -0.2) is 26.8 Å². The highest BCUT2D eigenvalue weighted by atomic mass is 15.6. The van der Waals surface area contributed by atoms with Gasteiger partial charge in [0.05, 0.1) is 12.1 Å². The van der Waals surface area contributed by atoms with Crippen molar-refractivity contribution in [1.82, 2.24) is 25.5 Å². The zero-order valence-corrected chi connectivity index (χ0v) is 12.8. The molecule has 0 fully saturated rings. The van der Waals surface area contributed by atoms with Gasteiger partial charge in [0.1, 0.15) is 0 Å². The summed E-state index contributed by atoms with van der Waals surface area (Å²) >= 11 is 0. The molecule has 2 unspecified atom stereocenters. The molecule has 0 radical (unpaired) electrons. The predicted octanol–water partition coefficient (Wildman–Crippen LogP) is 2.46. The van der Waals surface area contributed by atoms with E-state index in [0.717, 1.165) is 38.1 Å². The fraction of sp³-hybridized carbons (Fsp3) is 0.562. The lowest BCUT2D eigenvalue weighted by Crippen LogP contribution is -2.27. The topological polar surface area (TPSA) is 55.6 Å². The molecule has 1 aromatic carbocycles. The van der Waals surface area contributed by atoms with Gasteiger partial charge in [-0.1, -0.05) is 31.2 Å². The molecule has 1 N–H and O–H groups in total. The van der Waals surface area contributed by atoms with Crippen LogP contribution in [0.3, 0.4) is 0 Å². The van der Waals surface area contributed by atoms with Crippen LogP contribution in [0.15, 0.2) is 24.3 Å². The lowest BCUT2D eigenvalue weighted by molar-refractivity contribution is 0.368. The molecule has 2 atom stereocenters. The molecule has 1 aliphatic carbocycles. The van der Waals surface area contributed by atoms with Crippen molar-refractivity contribution >= 4 is 0 Å². The molecular weight excluding hydrogens is 262 g/mol. The van der Waals surface area contributed by atoms with Crippen LogP contribution >= 0.6 is 0 Å². The zero-order valence-electron chi connectivity index (χ0n) is 12.8. The SMILES string of the molecule is CCCNC(C)c1nnnn1C1CCc2ccccc2C1. The molecule has 5 heteroatoms. The van der Waals surface area contributed by atoms with Crippen LogP contribution in [0.25, 0.3) is 0 Å². The molecule has 1 aromatic heterocycles. The summed E-state index contributed by atoms with van der Waals surface area (Å²) in [5.41, 5.74) is 2.91. The second kappa shape index (κ2) is 6.35. The molecule has 112 valence electrons. The molecule has 0 spiro atoms. The van der Waals surface area contributed by atoms with Crippen LogP contribution in [0, 0.1) is 0 Å². The van der Waals surface area contributed by atoms with Crippen LogP contribution in [0.2, 0.25) is 0 Å². The molecule has 0 bridgehead atoms. The van der Waals surface area contributed by atoms with E-state index in [4.69, 9.17) is 0 Å². The maximum absolute atomic E-state index is 4.26. The average molecular weight is 285 g/mol. The van der Waals surface area contributed by atoms with Crippen molar-refractivity contribution < 1.29 is 0 Å². The number of aryl methyl sites for hydroxylation is 1. The summed E-state index contributed by atoms with van der Waals surface area (Å²) in [6.07, 6.45) is 4.35. The molecule has 2 aromatic rings. The van der Waals surface area contributed by atoms with Crippen LogP contribution in [0.4, 0.5) is 0 Å². The average Bonchev–Trinajstić information content (AvgIpc) is 3.01. The van der Waals surface area contributed by atoms with Gasteiger partial charge in [0.25, 0.3) is 0 Å². The summed E-state index contributed by atoms with van der Waals surface area (Å²) in [4.78, 5) is 0. The summed E-state index contributed by atoms with van der Waals surface area (Å²) in [5.74, 6) is 0.952. The molecule has 1 aliphatic rings. The van der Waals surface area contributed by atoms with Crippen molar-refractivity contribution in [1.29, 1.82) is 0 Å². The van der Waals surface area contributed by atoms with Gasteiger partial charge in [-0.3, -0.25) is 0 Å². The molecule has 5 nitrogen and oxygen atoms in total. The molecule has 0 amide bonds. The molecule has 0 saturated carbocycles. The van der Waals surface area contributed by atoms with Crippen LogP contribution < -0.4 is 5.32 Å². The lowest BCUT2D eigenvalue weighted by atomic mass is 9.88. The maximum atomic E-state index is 4.26. The highest BCUT2D eigenvalue weighted by molar-refractivity contribution is 5.30. The number of nitrogens with one attached hydrogen (secondary N) is 1. The zero-order chi connectivity index (χ0) is 14.7. The Labute approximate surface area is 125 Å². The molecule has 3 rings (SSSR count). The van der Waals surface area contributed by atoms with Crippen molar-refractivity contribution in [2.75, 3.05) is 6.54 Å². The van der Waals surface area contributed by atoms with Crippen molar-refractivity contribution in [2.45, 2.75) is 51.6 Å². The van der Waals surface area contributed by atoms with E-state index in [1.54, 1.807) is 0 Å². The maximum Gasteiger partial charge on any atom is 0.168 e. The number of hydrogen-bond acceptors (Lipinski definition) is 4. The number of nitrogens with zero attached hydrogens (tertiary/aromatic N) is 4. The van der Waals surface area contributed by atoms with Gasteiger partial charge >= 0.3 is 0 Å². The van der Waals surface area contributed by atoms with Crippen LogP contribution in [0.5, 0.6) is 0 Å². The van der Waals surface area contributed by atoms with Crippen molar-refractivity contribution in [3.8, 4) is 0 Å². The van der Waals surface area contributed by atoms with Gasteiger partial charge in [-0.05, 0) is 60.7 Å². The number of hydrogen-bond donors (Lipinski definition) is 1. The Balaban J connectivity index is 1.78. The van der Waals surface area contributed by atoms with E-state index < -0.39 is 0 Å². The minimum atomic E-state index is 0.192. The standard InChI is InChI=1S/C16H23N5/c1-3-10-17-12(2)16-18-19-20-21(16)15-9-8-13-6-4-5-7-14(13)11-15/h4-7,12,15,17H,3,8-11H2,1-2H3. The number of tetrazole rings is 1. The van der Waals surface area contributed by atoms with Gasteiger partial charge in [0.2, 0.25) is 0 Å². The number of aromatic nitrogens is 4. The third-order valence-electron chi connectivity index (χ3n) is 4.27. The first-order valence-corrected chi connectivity index (χ1v) is 7.87. The van der Waals surface area contributed by atoms with Crippen molar-refractivity contribution in [2.24, 2.45) is 0 Å². The fourth-order valence-corrected chi connectivity index (χ4v) is 3.09. The Morgan fingerprint density at radius 2 is 2.14 bits per heavy atom.